The van der Waals surface area contributed by atoms with E-state index in [1.807, 2.05) is 43.3 Å². The fraction of sp³-hybridized carbons (Fsp3) is 0.556. The van der Waals surface area contributed by atoms with Gasteiger partial charge in [-0.1, -0.05) is 44.2 Å². The first kappa shape index (κ1) is 38.9. The number of methoxy groups -OCH3 is 1. The fourth-order valence-corrected chi connectivity index (χ4v) is 4.94. The van der Waals surface area contributed by atoms with E-state index in [2.05, 4.69) is 19.2 Å². The van der Waals surface area contributed by atoms with Crippen LogP contribution >= 0.6 is 0 Å². The van der Waals surface area contributed by atoms with Gasteiger partial charge in [-0.05, 0) is 100 Å². The molecular formula is C36H54N2O8. The highest BCUT2D eigenvalue weighted by Crippen LogP contribution is 2.38. The standard InChI is InChI=1S/C36H54N2O8/c1-10-21(2)27-18-30(45-9)28(32(46-23(4)19-39)31(42)29(41)20-40)17-26(27)16-25-12-11-24(15-22(25)3)13-14-35(5,6)34(44)38-36(7,8)33(37)43/h11-15,17-18,21,23,29,31-32,39-42H,10,16,19-20H2,1-9H3,(H2,37,43)(H,38,44)/b14-13+/t21?,23-,29-,31+,32-/m0/s1. The molecule has 0 aliphatic heterocycles. The van der Waals surface area contributed by atoms with Crippen LogP contribution < -0.4 is 15.8 Å². The third kappa shape index (κ3) is 9.86. The van der Waals surface area contributed by atoms with Crippen molar-refractivity contribution in [1.82, 2.24) is 5.32 Å². The average molecular weight is 643 g/mol. The van der Waals surface area contributed by atoms with E-state index in [1.54, 1.807) is 40.7 Å². The van der Waals surface area contributed by atoms with E-state index in [9.17, 15) is 30.0 Å². The van der Waals surface area contributed by atoms with Gasteiger partial charge in [0, 0.05) is 5.56 Å². The lowest BCUT2D eigenvalue weighted by molar-refractivity contribution is -0.134. The number of carbonyl (C=O) groups excluding carboxylic acids is 2. The summed E-state index contributed by atoms with van der Waals surface area (Å²) >= 11 is 0. The molecule has 256 valence electrons. The van der Waals surface area contributed by atoms with Crippen LogP contribution in [0.1, 0.15) is 100 Å². The fourth-order valence-electron chi connectivity index (χ4n) is 4.94. The molecule has 5 atom stereocenters. The number of hydrogen-bond acceptors (Lipinski definition) is 8. The van der Waals surface area contributed by atoms with Crippen LogP contribution in [0.3, 0.4) is 0 Å². The quantitative estimate of drug-likeness (QED) is 0.152. The van der Waals surface area contributed by atoms with Gasteiger partial charge in [0.1, 0.15) is 29.6 Å². The third-order valence-electron chi connectivity index (χ3n) is 8.54. The molecule has 0 aliphatic rings. The van der Waals surface area contributed by atoms with E-state index in [1.165, 1.54) is 7.11 Å². The highest BCUT2D eigenvalue weighted by molar-refractivity contribution is 5.92. The summed E-state index contributed by atoms with van der Waals surface area (Å²) in [7, 11) is 1.53. The molecule has 2 aromatic carbocycles. The molecule has 0 spiro atoms. The van der Waals surface area contributed by atoms with Crippen molar-refractivity contribution < 1.29 is 39.5 Å². The molecule has 0 aliphatic carbocycles. The van der Waals surface area contributed by atoms with Crippen molar-refractivity contribution in [2.24, 2.45) is 11.1 Å². The number of aryl methyl sites for hydroxylation is 1. The molecule has 1 unspecified atom stereocenters. The maximum Gasteiger partial charge on any atom is 0.242 e. The zero-order valence-electron chi connectivity index (χ0n) is 28.8. The molecule has 7 N–H and O–H groups in total. The molecular weight excluding hydrogens is 588 g/mol. The lowest BCUT2D eigenvalue weighted by Gasteiger charge is -2.31. The number of nitrogens with two attached hydrogens (primary N) is 1. The largest absolute Gasteiger partial charge is 0.496 e. The van der Waals surface area contributed by atoms with Crippen LogP contribution in [0.15, 0.2) is 36.4 Å². The number of amides is 2. The van der Waals surface area contributed by atoms with Gasteiger partial charge in [0.05, 0.1) is 31.8 Å². The number of aliphatic hydroxyl groups is 4. The van der Waals surface area contributed by atoms with E-state index >= 15 is 0 Å². The summed E-state index contributed by atoms with van der Waals surface area (Å²) in [5, 5.41) is 43.2. The van der Waals surface area contributed by atoms with Crippen molar-refractivity contribution >= 4 is 17.9 Å². The van der Waals surface area contributed by atoms with Crippen LogP contribution in [0.5, 0.6) is 5.75 Å². The number of rotatable bonds is 17. The second-order valence-corrected chi connectivity index (χ2v) is 13.3. The van der Waals surface area contributed by atoms with Gasteiger partial charge in [0.25, 0.3) is 0 Å². The highest BCUT2D eigenvalue weighted by Gasteiger charge is 2.34. The maximum absolute atomic E-state index is 12.9. The summed E-state index contributed by atoms with van der Waals surface area (Å²) in [5.41, 5.74) is 8.91. The normalized spacial score (nSPS) is 15.7. The minimum atomic E-state index is -1.48. The number of nitrogens with one attached hydrogen (secondary N) is 1. The molecule has 2 rings (SSSR count). The van der Waals surface area contributed by atoms with Crippen molar-refractivity contribution in [3.63, 3.8) is 0 Å². The van der Waals surface area contributed by atoms with E-state index < -0.39 is 47.9 Å². The Bertz CT molecular complexity index is 1370. The van der Waals surface area contributed by atoms with Crippen molar-refractivity contribution in [3.8, 4) is 5.75 Å². The number of aliphatic hydroxyl groups excluding tert-OH is 4. The first-order chi connectivity index (χ1) is 21.4. The molecule has 10 heteroatoms. The maximum atomic E-state index is 12.9. The Morgan fingerprint density at radius 1 is 1.00 bits per heavy atom. The molecule has 0 fully saturated rings. The second kappa shape index (κ2) is 16.5. The predicted octanol–water partition coefficient (Wildman–Crippen LogP) is 3.68. The van der Waals surface area contributed by atoms with Crippen LogP contribution in [0.4, 0.5) is 0 Å². The van der Waals surface area contributed by atoms with E-state index in [0.29, 0.717) is 17.7 Å². The number of benzene rings is 2. The first-order valence-corrected chi connectivity index (χ1v) is 15.8. The summed E-state index contributed by atoms with van der Waals surface area (Å²) in [6, 6.07) is 9.91. The molecule has 46 heavy (non-hydrogen) atoms. The molecule has 10 nitrogen and oxygen atoms in total. The summed E-state index contributed by atoms with van der Waals surface area (Å²) in [5.74, 6) is -0.270. The van der Waals surface area contributed by atoms with Gasteiger partial charge >= 0.3 is 0 Å². The lowest BCUT2D eigenvalue weighted by atomic mass is 9.85. The van der Waals surface area contributed by atoms with E-state index in [-0.39, 0.29) is 18.4 Å². The Hall–Kier alpha value is -3.28. The van der Waals surface area contributed by atoms with Gasteiger partial charge < -0.3 is 41.0 Å². The Morgan fingerprint density at radius 3 is 2.17 bits per heavy atom. The predicted molar refractivity (Wildman–Crippen MR) is 179 cm³/mol. The summed E-state index contributed by atoms with van der Waals surface area (Å²) in [6.45, 7) is 13.6. The molecule has 0 aromatic heterocycles. The summed E-state index contributed by atoms with van der Waals surface area (Å²) in [6.07, 6.45) is 0.442. The molecule has 2 aromatic rings. The van der Waals surface area contributed by atoms with Gasteiger partial charge in [-0.15, -0.1) is 0 Å². The van der Waals surface area contributed by atoms with E-state index in [0.717, 1.165) is 34.2 Å². The van der Waals surface area contributed by atoms with Crippen LogP contribution in [0, 0.1) is 12.3 Å². The second-order valence-electron chi connectivity index (χ2n) is 13.3. The average Bonchev–Trinajstić information content (AvgIpc) is 3.01. The van der Waals surface area contributed by atoms with Crippen molar-refractivity contribution in [2.45, 2.75) is 104 Å². The molecule has 0 saturated carbocycles. The van der Waals surface area contributed by atoms with Crippen LogP contribution in [0.2, 0.25) is 0 Å². The van der Waals surface area contributed by atoms with Crippen LogP contribution in [-0.2, 0) is 20.7 Å². The SMILES string of the molecule is CCC(C)c1cc(OC)c([C@H](O[C@@H](C)CO)[C@H](O)[C@@H](O)CO)cc1Cc1ccc(/C=C/C(C)(C)C(=O)NC(C)(C)C(N)=O)cc1C. The highest BCUT2D eigenvalue weighted by atomic mass is 16.5. The van der Waals surface area contributed by atoms with Gasteiger partial charge in [0.15, 0.2) is 0 Å². The van der Waals surface area contributed by atoms with Gasteiger partial charge in [0.2, 0.25) is 11.8 Å². The minimum absolute atomic E-state index is 0.192. The number of ether oxygens (including phenoxy) is 2. The Morgan fingerprint density at radius 2 is 1.65 bits per heavy atom. The zero-order valence-corrected chi connectivity index (χ0v) is 28.8. The summed E-state index contributed by atoms with van der Waals surface area (Å²) < 4.78 is 11.7. The molecule has 0 saturated heterocycles. The van der Waals surface area contributed by atoms with Crippen LogP contribution in [-0.4, -0.2) is 76.4 Å². The van der Waals surface area contributed by atoms with Gasteiger partial charge in [-0.2, -0.15) is 0 Å². The number of carbonyl (C=O) groups is 2. The van der Waals surface area contributed by atoms with Crippen molar-refractivity contribution in [3.05, 3.63) is 69.8 Å². The monoisotopic (exact) mass is 642 g/mol. The Kier molecular flexibility index (Phi) is 14.0. The van der Waals surface area contributed by atoms with Crippen LogP contribution in [0.25, 0.3) is 6.08 Å². The van der Waals surface area contributed by atoms with Gasteiger partial charge in [-0.3, -0.25) is 9.59 Å². The number of primary amides is 1. The first-order valence-electron chi connectivity index (χ1n) is 15.8. The molecule has 0 radical (unpaired) electrons. The summed E-state index contributed by atoms with van der Waals surface area (Å²) in [4.78, 5) is 24.6. The lowest BCUT2D eigenvalue weighted by Crippen LogP contribution is -2.55. The van der Waals surface area contributed by atoms with Gasteiger partial charge in [-0.25, -0.2) is 0 Å². The molecule has 0 bridgehead atoms. The third-order valence-corrected chi connectivity index (χ3v) is 8.54. The minimum Gasteiger partial charge on any atom is -0.496 e. The zero-order chi connectivity index (χ0) is 35.0. The Balaban J connectivity index is 2.52. The molecule has 0 heterocycles. The van der Waals surface area contributed by atoms with Crippen molar-refractivity contribution in [2.75, 3.05) is 20.3 Å². The number of hydrogen-bond donors (Lipinski definition) is 6. The van der Waals surface area contributed by atoms with E-state index in [4.69, 9.17) is 15.2 Å². The molecule has 2 amide bonds. The van der Waals surface area contributed by atoms with Crippen molar-refractivity contribution in [1.29, 1.82) is 0 Å². The topological polar surface area (TPSA) is 172 Å². The smallest absolute Gasteiger partial charge is 0.242 e. The Labute approximate surface area is 273 Å².